The molecule has 0 saturated heterocycles. The lowest BCUT2D eigenvalue weighted by Crippen LogP contribution is -2.18. The minimum atomic E-state index is 0.375. The first-order valence-corrected chi connectivity index (χ1v) is 6.43. The number of oxazole rings is 1. The van der Waals surface area contributed by atoms with E-state index >= 15 is 0 Å². The molecule has 4 nitrogen and oxygen atoms in total. The lowest BCUT2D eigenvalue weighted by molar-refractivity contribution is 0.518. The highest BCUT2D eigenvalue weighted by Gasteiger charge is 2.11. The van der Waals surface area contributed by atoms with E-state index in [9.17, 15) is 0 Å². The first-order chi connectivity index (χ1) is 8.74. The van der Waals surface area contributed by atoms with Crippen LogP contribution in [-0.4, -0.2) is 25.6 Å². The fourth-order valence-corrected chi connectivity index (χ4v) is 2.24. The van der Waals surface area contributed by atoms with Gasteiger partial charge in [-0.2, -0.15) is 0 Å². The summed E-state index contributed by atoms with van der Waals surface area (Å²) in [6.07, 6.45) is 2.26. The van der Waals surface area contributed by atoms with Gasteiger partial charge in [0.15, 0.2) is 11.5 Å². The number of aryl methyl sites for hydroxylation is 1. The summed E-state index contributed by atoms with van der Waals surface area (Å²) in [4.78, 5) is 4.38. The zero-order valence-corrected chi connectivity index (χ0v) is 11.3. The number of nitrogens with one attached hydrogen (secondary N) is 2. The Morgan fingerprint density at radius 2 is 2.17 bits per heavy atom. The molecule has 0 aliphatic heterocycles. The highest BCUT2D eigenvalue weighted by molar-refractivity contribution is 5.73. The molecule has 0 bridgehead atoms. The Labute approximate surface area is 108 Å². The average molecular weight is 247 g/mol. The second-order valence-electron chi connectivity index (χ2n) is 4.55. The number of aromatic nitrogens is 1. The first-order valence-electron chi connectivity index (χ1n) is 6.43. The molecule has 2 aromatic rings. The Kier molecular flexibility index (Phi) is 4.33. The number of hydrogen-bond donors (Lipinski definition) is 2. The van der Waals surface area contributed by atoms with E-state index in [0.29, 0.717) is 6.04 Å². The summed E-state index contributed by atoms with van der Waals surface area (Å²) in [7, 11) is 3.99. The van der Waals surface area contributed by atoms with Crippen LogP contribution in [0.15, 0.2) is 22.6 Å². The predicted molar refractivity (Wildman–Crippen MR) is 73.7 cm³/mol. The van der Waals surface area contributed by atoms with Crippen LogP contribution in [0.1, 0.15) is 30.3 Å². The third-order valence-corrected chi connectivity index (χ3v) is 3.19. The van der Waals surface area contributed by atoms with Gasteiger partial charge in [-0.25, -0.2) is 4.98 Å². The van der Waals surface area contributed by atoms with E-state index in [1.165, 1.54) is 5.56 Å². The molecular formula is C14H21N3O. The third kappa shape index (κ3) is 2.89. The summed E-state index contributed by atoms with van der Waals surface area (Å²) in [5.41, 5.74) is 3.08. The minimum Gasteiger partial charge on any atom is -0.441 e. The van der Waals surface area contributed by atoms with Crippen LogP contribution in [0.2, 0.25) is 0 Å². The second kappa shape index (κ2) is 5.98. The molecule has 0 amide bonds. The van der Waals surface area contributed by atoms with Gasteiger partial charge in [-0.3, -0.25) is 0 Å². The van der Waals surface area contributed by atoms with Crippen molar-refractivity contribution in [3.63, 3.8) is 0 Å². The molecule has 4 heteroatoms. The van der Waals surface area contributed by atoms with Gasteiger partial charge in [0.1, 0.15) is 5.52 Å². The predicted octanol–water partition coefficient (Wildman–Crippen LogP) is 2.40. The van der Waals surface area contributed by atoms with E-state index in [-0.39, 0.29) is 0 Å². The molecule has 0 aliphatic carbocycles. The zero-order chi connectivity index (χ0) is 13.0. The molecule has 1 heterocycles. The van der Waals surface area contributed by atoms with Crippen LogP contribution < -0.4 is 10.6 Å². The number of nitrogens with zero attached hydrogens (tertiary/aromatic N) is 1. The van der Waals surface area contributed by atoms with E-state index in [4.69, 9.17) is 4.42 Å². The van der Waals surface area contributed by atoms with Crippen LogP contribution in [0, 0.1) is 6.92 Å². The maximum absolute atomic E-state index is 5.49. The lowest BCUT2D eigenvalue weighted by Gasteiger charge is -2.16. The Bertz CT molecular complexity index is 507. The molecule has 1 aromatic heterocycles. The van der Waals surface area contributed by atoms with Gasteiger partial charge in [-0.05, 0) is 51.2 Å². The Morgan fingerprint density at radius 3 is 2.89 bits per heavy atom. The summed E-state index contributed by atoms with van der Waals surface area (Å²) < 4.78 is 5.49. The van der Waals surface area contributed by atoms with E-state index in [2.05, 4.69) is 27.8 Å². The molecule has 0 radical (unpaired) electrons. The molecule has 1 atom stereocenters. The fraction of sp³-hybridized carbons (Fsp3) is 0.500. The van der Waals surface area contributed by atoms with Gasteiger partial charge in [0.2, 0.25) is 0 Å². The Hall–Kier alpha value is -1.39. The van der Waals surface area contributed by atoms with Crippen molar-refractivity contribution in [2.45, 2.75) is 25.8 Å². The largest absolute Gasteiger partial charge is 0.441 e. The molecule has 18 heavy (non-hydrogen) atoms. The van der Waals surface area contributed by atoms with Crippen LogP contribution in [0.4, 0.5) is 0 Å². The minimum absolute atomic E-state index is 0.375. The molecule has 98 valence electrons. The van der Waals surface area contributed by atoms with Gasteiger partial charge in [0.25, 0.3) is 0 Å². The molecule has 0 fully saturated rings. The topological polar surface area (TPSA) is 50.1 Å². The Morgan fingerprint density at radius 1 is 1.33 bits per heavy atom. The van der Waals surface area contributed by atoms with Gasteiger partial charge in [-0.15, -0.1) is 0 Å². The van der Waals surface area contributed by atoms with Crippen molar-refractivity contribution in [1.82, 2.24) is 15.6 Å². The average Bonchev–Trinajstić information content (AvgIpc) is 2.74. The standard InChI is InChI=1S/C14H21N3O/c1-10-17-13-9-11(6-7-14(13)18-10)12(16-3)5-4-8-15-2/h6-7,9,12,15-16H,4-5,8H2,1-3H3. The van der Waals surface area contributed by atoms with Crippen molar-refractivity contribution in [2.24, 2.45) is 0 Å². The van der Waals surface area contributed by atoms with Crippen molar-refractivity contribution in [2.75, 3.05) is 20.6 Å². The molecule has 1 unspecified atom stereocenters. The number of hydrogen-bond acceptors (Lipinski definition) is 4. The maximum atomic E-state index is 5.49. The maximum Gasteiger partial charge on any atom is 0.192 e. The van der Waals surface area contributed by atoms with Crippen molar-refractivity contribution in [3.05, 3.63) is 29.7 Å². The molecule has 0 spiro atoms. The fourth-order valence-electron chi connectivity index (χ4n) is 2.24. The highest BCUT2D eigenvalue weighted by Crippen LogP contribution is 2.23. The van der Waals surface area contributed by atoms with E-state index in [1.807, 2.05) is 27.1 Å². The van der Waals surface area contributed by atoms with Gasteiger partial charge in [-0.1, -0.05) is 6.07 Å². The summed E-state index contributed by atoms with van der Waals surface area (Å²) in [6.45, 7) is 2.92. The van der Waals surface area contributed by atoms with Crippen LogP contribution in [0.5, 0.6) is 0 Å². The van der Waals surface area contributed by atoms with Crippen LogP contribution in [0.3, 0.4) is 0 Å². The second-order valence-corrected chi connectivity index (χ2v) is 4.55. The number of fused-ring (bicyclic) bond motifs is 1. The monoisotopic (exact) mass is 247 g/mol. The van der Waals surface area contributed by atoms with Crippen LogP contribution in [0.25, 0.3) is 11.1 Å². The number of rotatable bonds is 6. The van der Waals surface area contributed by atoms with Crippen molar-refractivity contribution < 1.29 is 4.42 Å². The summed E-state index contributed by atoms with van der Waals surface area (Å²) in [5, 5.41) is 6.54. The summed E-state index contributed by atoms with van der Waals surface area (Å²) in [6, 6.07) is 6.62. The third-order valence-electron chi connectivity index (χ3n) is 3.19. The number of benzene rings is 1. The van der Waals surface area contributed by atoms with E-state index < -0.39 is 0 Å². The Balaban J connectivity index is 2.16. The van der Waals surface area contributed by atoms with E-state index in [0.717, 1.165) is 36.4 Å². The summed E-state index contributed by atoms with van der Waals surface area (Å²) in [5.74, 6) is 0.721. The van der Waals surface area contributed by atoms with Crippen molar-refractivity contribution in [1.29, 1.82) is 0 Å². The highest BCUT2D eigenvalue weighted by atomic mass is 16.3. The molecule has 2 rings (SSSR count). The summed E-state index contributed by atoms with van der Waals surface area (Å²) >= 11 is 0. The van der Waals surface area contributed by atoms with Crippen molar-refractivity contribution >= 4 is 11.1 Å². The van der Waals surface area contributed by atoms with Crippen LogP contribution in [-0.2, 0) is 0 Å². The van der Waals surface area contributed by atoms with Gasteiger partial charge in [0, 0.05) is 13.0 Å². The van der Waals surface area contributed by atoms with Gasteiger partial charge < -0.3 is 15.1 Å². The first kappa shape index (κ1) is 13.1. The SMILES string of the molecule is CNCCCC(NC)c1ccc2oc(C)nc2c1. The van der Waals surface area contributed by atoms with Crippen molar-refractivity contribution in [3.8, 4) is 0 Å². The quantitative estimate of drug-likeness (QED) is 0.770. The van der Waals surface area contributed by atoms with E-state index in [1.54, 1.807) is 0 Å². The normalized spacial score (nSPS) is 13.1. The molecule has 0 aliphatic rings. The zero-order valence-electron chi connectivity index (χ0n) is 11.3. The molecule has 0 saturated carbocycles. The van der Waals surface area contributed by atoms with Crippen LogP contribution >= 0.6 is 0 Å². The molecule has 2 N–H and O–H groups in total. The molecule has 1 aromatic carbocycles. The molecular weight excluding hydrogens is 226 g/mol. The van der Waals surface area contributed by atoms with Gasteiger partial charge >= 0.3 is 0 Å². The smallest absolute Gasteiger partial charge is 0.192 e. The lowest BCUT2D eigenvalue weighted by atomic mass is 10.0. The van der Waals surface area contributed by atoms with Gasteiger partial charge in [0.05, 0.1) is 0 Å².